The number of carboxylic acid groups (broad SMARTS) is 1. The number of hydrogen-bond donors (Lipinski definition) is 2. The van der Waals surface area contributed by atoms with Crippen molar-refractivity contribution < 1.29 is 18.3 Å². The molecule has 0 aromatic carbocycles. The normalized spacial score (nSPS) is 20.6. The van der Waals surface area contributed by atoms with Crippen molar-refractivity contribution in [1.29, 1.82) is 0 Å². The second-order valence-electron chi connectivity index (χ2n) is 4.98. The summed E-state index contributed by atoms with van der Waals surface area (Å²) in [6.45, 7) is 1.28. The molecule has 9 heteroatoms. The van der Waals surface area contributed by atoms with E-state index in [0.717, 1.165) is 25.6 Å². The van der Waals surface area contributed by atoms with Crippen LogP contribution in [0.3, 0.4) is 0 Å². The lowest BCUT2D eigenvalue weighted by molar-refractivity contribution is 0.0692. The summed E-state index contributed by atoms with van der Waals surface area (Å²) in [5, 5.41) is 14.4. The molecule has 1 aromatic rings. The van der Waals surface area contributed by atoms with Crippen LogP contribution >= 0.6 is 0 Å². The molecule has 1 saturated heterocycles. The molecule has 1 aliphatic heterocycles. The van der Waals surface area contributed by atoms with E-state index < -0.39 is 16.0 Å². The van der Waals surface area contributed by atoms with Crippen LogP contribution in [0.15, 0.2) is 11.2 Å². The van der Waals surface area contributed by atoms with E-state index >= 15 is 0 Å². The highest BCUT2D eigenvalue weighted by Crippen LogP contribution is 2.20. The Hall–Kier alpha value is -1.45. The van der Waals surface area contributed by atoms with Gasteiger partial charge in [-0.15, -0.1) is 0 Å². The molecule has 2 heterocycles. The second kappa shape index (κ2) is 5.51. The molecule has 112 valence electrons. The molecule has 1 aromatic heterocycles. The maximum absolute atomic E-state index is 12.4. The summed E-state index contributed by atoms with van der Waals surface area (Å²) in [5.41, 5.74) is -0.336. The molecular formula is C11H18N4O4S. The monoisotopic (exact) mass is 302 g/mol. The first-order valence-corrected chi connectivity index (χ1v) is 7.71. The van der Waals surface area contributed by atoms with E-state index in [-0.39, 0.29) is 16.6 Å². The molecule has 1 fully saturated rings. The smallest absolute Gasteiger partial charge is 0.340 e. The van der Waals surface area contributed by atoms with Crippen molar-refractivity contribution in [2.24, 2.45) is 0 Å². The third-order valence-electron chi connectivity index (χ3n) is 3.64. The first kappa shape index (κ1) is 14.9. The summed E-state index contributed by atoms with van der Waals surface area (Å²) in [6.07, 6.45) is 2.98. The Morgan fingerprint density at radius 3 is 2.90 bits per heavy atom. The molecule has 1 atom stereocenters. The Balaban J connectivity index is 2.21. The van der Waals surface area contributed by atoms with Crippen LogP contribution in [-0.2, 0) is 10.0 Å². The summed E-state index contributed by atoms with van der Waals surface area (Å²) in [4.78, 5) is 13.1. The predicted octanol–water partition coefficient (Wildman–Crippen LogP) is -0.177. The minimum atomic E-state index is -3.87. The van der Waals surface area contributed by atoms with Gasteiger partial charge in [0.25, 0.3) is 10.0 Å². The van der Waals surface area contributed by atoms with Crippen LogP contribution in [0.2, 0.25) is 0 Å². The maximum Gasteiger partial charge on any atom is 0.340 e. The molecule has 0 spiro atoms. The fraction of sp³-hybridized carbons (Fsp3) is 0.636. The number of nitrogens with zero attached hydrogens (tertiary/aromatic N) is 3. The highest BCUT2D eigenvalue weighted by atomic mass is 32.2. The van der Waals surface area contributed by atoms with E-state index in [2.05, 4.69) is 15.1 Å². The Labute approximate surface area is 117 Å². The molecule has 1 unspecified atom stereocenters. The second-order valence-corrected chi connectivity index (χ2v) is 6.96. The van der Waals surface area contributed by atoms with Crippen molar-refractivity contribution in [3.05, 3.63) is 11.8 Å². The van der Waals surface area contributed by atoms with Crippen LogP contribution in [0.1, 0.15) is 23.2 Å². The Bertz CT molecular complexity index is 597. The van der Waals surface area contributed by atoms with E-state index in [9.17, 15) is 13.2 Å². The van der Waals surface area contributed by atoms with Crippen LogP contribution < -0.4 is 0 Å². The zero-order valence-corrected chi connectivity index (χ0v) is 12.2. The topological polar surface area (TPSA) is 107 Å². The van der Waals surface area contributed by atoms with Gasteiger partial charge in [0.05, 0.1) is 6.20 Å². The van der Waals surface area contributed by atoms with Crippen molar-refractivity contribution in [2.45, 2.75) is 23.9 Å². The number of aromatic carboxylic acids is 1. The van der Waals surface area contributed by atoms with Gasteiger partial charge in [-0.1, -0.05) is 0 Å². The van der Waals surface area contributed by atoms with E-state index in [4.69, 9.17) is 5.11 Å². The quantitative estimate of drug-likeness (QED) is 0.781. The highest BCUT2D eigenvalue weighted by molar-refractivity contribution is 7.89. The number of likely N-dealkylation sites (tertiary alicyclic amines) is 1. The Morgan fingerprint density at radius 1 is 1.65 bits per heavy atom. The van der Waals surface area contributed by atoms with Gasteiger partial charge in [-0.25, -0.2) is 13.2 Å². The van der Waals surface area contributed by atoms with E-state index in [1.165, 1.54) is 11.4 Å². The summed E-state index contributed by atoms with van der Waals surface area (Å²) >= 11 is 0. The van der Waals surface area contributed by atoms with Crippen molar-refractivity contribution in [3.63, 3.8) is 0 Å². The van der Waals surface area contributed by atoms with Crippen LogP contribution in [0.25, 0.3) is 0 Å². The summed E-state index contributed by atoms with van der Waals surface area (Å²) < 4.78 is 26.0. The molecule has 8 nitrogen and oxygen atoms in total. The zero-order valence-electron chi connectivity index (χ0n) is 11.4. The number of carboxylic acids is 1. The standard InChI is InChI=1S/C11H18N4O4S/c1-14-5-3-4-8(14)7-15(2)20(18,19)10-9(11(16)17)6-12-13-10/h6,8H,3-5,7H2,1-2H3,(H,12,13)(H,16,17). The van der Waals surface area contributed by atoms with Gasteiger partial charge in [-0.2, -0.15) is 9.40 Å². The number of carbonyl (C=O) groups is 1. The van der Waals surface area contributed by atoms with Crippen molar-refractivity contribution in [1.82, 2.24) is 19.4 Å². The van der Waals surface area contributed by atoms with Gasteiger partial charge in [0.15, 0.2) is 5.03 Å². The Kier molecular flexibility index (Phi) is 4.11. The third kappa shape index (κ3) is 2.69. The van der Waals surface area contributed by atoms with E-state index in [1.54, 1.807) is 0 Å². The lowest BCUT2D eigenvalue weighted by Gasteiger charge is -2.25. The summed E-state index contributed by atoms with van der Waals surface area (Å²) in [6, 6.07) is 0.158. The number of hydrogen-bond acceptors (Lipinski definition) is 5. The van der Waals surface area contributed by atoms with Gasteiger partial charge in [0.2, 0.25) is 0 Å². The molecule has 0 bridgehead atoms. The predicted molar refractivity (Wildman–Crippen MR) is 71.0 cm³/mol. The third-order valence-corrected chi connectivity index (χ3v) is 5.44. The molecule has 0 amide bonds. The van der Waals surface area contributed by atoms with E-state index in [1.807, 2.05) is 7.05 Å². The first-order valence-electron chi connectivity index (χ1n) is 6.27. The van der Waals surface area contributed by atoms with Gasteiger partial charge >= 0.3 is 5.97 Å². The molecule has 1 aliphatic rings. The summed E-state index contributed by atoms with van der Waals surface area (Å²) in [5.74, 6) is -1.32. The fourth-order valence-corrected chi connectivity index (χ4v) is 3.65. The molecule has 2 N–H and O–H groups in total. The van der Waals surface area contributed by atoms with Crippen molar-refractivity contribution >= 4 is 16.0 Å². The van der Waals surface area contributed by atoms with E-state index in [0.29, 0.717) is 6.54 Å². The number of H-pyrrole nitrogens is 1. The number of nitrogens with one attached hydrogen (secondary N) is 1. The number of aromatic amines is 1. The lowest BCUT2D eigenvalue weighted by atomic mass is 10.2. The van der Waals surface area contributed by atoms with Gasteiger partial charge in [-0.05, 0) is 26.4 Å². The van der Waals surface area contributed by atoms with Gasteiger partial charge in [-0.3, -0.25) is 5.10 Å². The lowest BCUT2D eigenvalue weighted by Crippen LogP contribution is -2.40. The van der Waals surface area contributed by atoms with Crippen LogP contribution in [0.4, 0.5) is 0 Å². The number of aromatic nitrogens is 2. The minimum Gasteiger partial charge on any atom is -0.478 e. The molecule has 20 heavy (non-hydrogen) atoms. The average molecular weight is 302 g/mol. The number of likely N-dealkylation sites (N-methyl/N-ethyl adjacent to an activating group) is 2. The molecule has 2 rings (SSSR count). The number of sulfonamides is 1. The molecular weight excluding hydrogens is 284 g/mol. The Morgan fingerprint density at radius 2 is 2.35 bits per heavy atom. The first-order chi connectivity index (χ1) is 9.34. The zero-order chi connectivity index (χ0) is 14.9. The fourth-order valence-electron chi connectivity index (χ4n) is 2.38. The molecule has 0 aliphatic carbocycles. The largest absolute Gasteiger partial charge is 0.478 e. The van der Waals surface area contributed by atoms with Crippen molar-refractivity contribution in [3.8, 4) is 0 Å². The average Bonchev–Trinajstić information content (AvgIpc) is 2.99. The number of rotatable bonds is 5. The van der Waals surface area contributed by atoms with Crippen LogP contribution in [0, 0.1) is 0 Å². The van der Waals surface area contributed by atoms with Gasteiger partial charge in [0, 0.05) is 19.6 Å². The molecule has 0 radical (unpaired) electrons. The minimum absolute atomic E-state index is 0.158. The van der Waals surface area contributed by atoms with Gasteiger partial charge < -0.3 is 10.0 Å². The highest BCUT2D eigenvalue weighted by Gasteiger charge is 2.32. The molecule has 0 saturated carbocycles. The van der Waals surface area contributed by atoms with Crippen LogP contribution in [-0.4, -0.2) is 72.1 Å². The summed E-state index contributed by atoms with van der Waals surface area (Å²) in [7, 11) is -0.467. The van der Waals surface area contributed by atoms with Crippen molar-refractivity contribution in [2.75, 3.05) is 27.2 Å². The maximum atomic E-state index is 12.4. The van der Waals surface area contributed by atoms with Crippen LogP contribution in [0.5, 0.6) is 0 Å². The SMILES string of the molecule is CN1CCCC1CN(C)S(=O)(=O)c1[nH]ncc1C(=O)O. The van der Waals surface area contributed by atoms with Gasteiger partial charge in [0.1, 0.15) is 5.56 Å².